The Balaban J connectivity index is 2.81. The fraction of sp³-hybridized carbons (Fsp3) is 0.462. The molecule has 1 unspecified atom stereocenters. The first kappa shape index (κ1) is 16.6. The summed E-state index contributed by atoms with van der Waals surface area (Å²) in [5.74, 6) is -1.04. The van der Waals surface area contributed by atoms with Crippen LogP contribution < -0.4 is 4.72 Å². The van der Waals surface area contributed by atoms with Gasteiger partial charge in [0.25, 0.3) is 0 Å². The smallest absolute Gasteiger partial charge is 0.306 e. The second-order valence-corrected chi connectivity index (χ2v) is 6.40. The van der Waals surface area contributed by atoms with Gasteiger partial charge in [-0.1, -0.05) is 6.07 Å². The van der Waals surface area contributed by atoms with E-state index < -0.39 is 22.1 Å². The summed E-state index contributed by atoms with van der Waals surface area (Å²) in [7, 11) is -2.32. The van der Waals surface area contributed by atoms with Crippen LogP contribution in [0.5, 0.6) is 0 Å². The standard InChI is InChI=1S/C13H19NO5S/c1-9-4-10(2)6-12(5-9)20(17,18)14-8-11(19-3)7-13(15)16/h4-6,11,14H,7-8H2,1-3H3,(H,15,16). The normalized spacial score (nSPS) is 13.2. The van der Waals surface area contributed by atoms with Crippen LogP contribution in [-0.2, 0) is 19.6 Å². The number of nitrogens with one attached hydrogen (secondary N) is 1. The predicted octanol–water partition coefficient (Wildman–Crippen LogP) is 1.07. The Hall–Kier alpha value is -1.44. The first-order valence-corrected chi connectivity index (χ1v) is 7.55. The molecule has 112 valence electrons. The third kappa shape index (κ3) is 4.92. The van der Waals surface area contributed by atoms with E-state index in [1.807, 2.05) is 19.9 Å². The first-order valence-electron chi connectivity index (χ1n) is 6.07. The van der Waals surface area contributed by atoms with Crippen molar-refractivity contribution in [3.05, 3.63) is 29.3 Å². The van der Waals surface area contributed by atoms with Gasteiger partial charge in [-0.25, -0.2) is 13.1 Å². The Morgan fingerprint density at radius 3 is 2.30 bits per heavy atom. The molecule has 0 saturated heterocycles. The van der Waals surface area contributed by atoms with E-state index in [0.29, 0.717) is 0 Å². The molecule has 0 radical (unpaired) electrons. The highest BCUT2D eigenvalue weighted by Crippen LogP contribution is 2.14. The Bertz CT molecular complexity index is 562. The van der Waals surface area contributed by atoms with Crippen LogP contribution in [0.15, 0.2) is 23.1 Å². The van der Waals surface area contributed by atoms with E-state index in [0.717, 1.165) is 11.1 Å². The molecule has 0 amide bonds. The van der Waals surface area contributed by atoms with Gasteiger partial charge in [0.1, 0.15) is 0 Å². The maximum Gasteiger partial charge on any atom is 0.306 e. The number of rotatable bonds is 7. The molecule has 1 atom stereocenters. The second-order valence-electron chi connectivity index (χ2n) is 4.63. The van der Waals surface area contributed by atoms with E-state index in [-0.39, 0.29) is 17.9 Å². The van der Waals surface area contributed by atoms with Crippen molar-refractivity contribution < 1.29 is 23.1 Å². The lowest BCUT2D eigenvalue weighted by molar-refractivity contribution is -0.139. The van der Waals surface area contributed by atoms with E-state index in [2.05, 4.69) is 4.72 Å². The average molecular weight is 301 g/mol. The molecule has 6 nitrogen and oxygen atoms in total. The van der Waals surface area contributed by atoms with Crippen molar-refractivity contribution in [1.29, 1.82) is 0 Å². The highest BCUT2D eigenvalue weighted by Gasteiger charge is 2.19. The molecule has 0 aromatic heterocycles. The number of benzene rings is 1. The van der Waals surface area contributed by atoms with Crippen LogP contribution in [-0.4, -0.2) is 39.3 Å². The van der Waals surface area contributed by atoms with Crippen LogP contribution in [0.2, 0.25) is 0 Å². The van der Waals surface area contributed by atoms with E-state index in [1.54, 1.807) is 12.1 Å². The maximum atomic E-state index is 12.1. The minimum absolute atomic E-state index is 0.0852. The zero-order valence-electron chi connectivity index (χ0n) is 11.7. The van der Waals surface area contributed by atoms with Crippen molar-refractivity contribution >= 4 is 16.0 Å². The third-order valence-electron chi connectivity index (χ3n) is 2.74. The molecule has 0 aliphatic carbocycles. The highest BCUT2D eigenvalue weighted by molar-refractivity contribution is 7.89. The maximum absolute atomic E-state index is 12.1. The topological polar surface area (TPSA) is 92.7 Å². The first-order chi connectivity index (χ1) is 9.24. The van der Waals surface area contributed by atoms with Crippen LogP contribution in [0.3, 0.4) is 0 Å². The molecule has 0 fully saturated rings. The summed E-state index contributed by atoms with van der Waals surface area (Å²) in [6.07, 6.45) is -0.959. The zero-order valence-corrected chi connectivity index (χ0v) is 12.5. The van der Waals surface area contributed by atoms with Gasteiger partial charge in [-0.3, -0.25) is 4.79 Å². The molecule has 0 aliphatic heterocycles. The number of ether oxygens (including phenoxy) is 1. The van der Waals surface area contributed by atoms with Gasteiger partial charge in [0.05, 0.1) is 17.4 Å². The summed E-state index contributed by atoms with van der Waals surface area (Å²) in [5, 5.41) is 8.68. The molecule has 0 aliphatic rings. The van der Waals surface area contributed by atoms with Crippen LogP contribution in [0, 0.1) is 13.8 Å². The van der Waals surface area contributed by atoms with E-state index >= 15 is 0 Å². The van der Waals surface area contributed by atoms with Gasteiger partial charge in [0.15, 0.2) is 0 Å². The number of sulfonamides is 1. The van der Waals surface area contributed by atoms with Crippen molar-refractivity contribution in [1.82, 2.24) is 4.72 Å². The van der Waals surface area contributed by atoms with Crippen LogP contribution in [0.25, 0.3) is 0 Å². The Labute approximate surface area is 118 Å². The average Bonchev–Trinajstić information content (AvgIpc) is 2.32. The number of aliphatic carboxylic acids is 1. The quantitative estimate of drug-likeness (QED) is 0.786. The number of carboxylic acid groups (broad SMARTS) is 1. The molecule has 2 N–H and O–H groups in total. The fourth-order valence-corrected chi connectivity index (χ4v) is 3.06. The molecule has 1 rings (SSSR count). The molecule has 20 heavy (non-hydrogen) atoms. The molecule has 0 bridgehead atoms. The summed E-state index contributed by atoms with van der Waals surface area (Å²) >= 11 is 0. The number of hydrogen-bond donors (Lipinski definition) is 2. The Kier molecular flexibility index (Phi) is 5.67. The molecule has 0 heterocycles. The van der Waals surface area contributed by atoms with E-state index in [1.165, 1.54) is 7.11 Å². The van der Waals surface area contributed by atoms with Crippen molar-refractivity contribution in [2.75, 3.05) is 13.7 Å². The summed E-state index contributed by atoms with van der Waals surface area (Å²) in [6.45, 7) is 3.54. The highest BCUT2D eigenvalue weighted by atomic mass is 32.2. The lowest BCUT2D eigenvalue weighted by Crippen LogP contribution is -2.34. The molecular weight excluding hydrogens is 282 g/mol. The van der Waals surface area contributed by atoms with Crippen LogP contribution in [0.1, 0.15) is 17.5 Å². The summed E-state index contributed by atoms with van der Waals surface area (Å²) < 4.78 is 31.6. The van der Waals surface area contributed by atoms with Gasteiger partial charge < -0.3 is 9.84 Å². The number of methoxy groups -OCH3 is 1. The van der Waals surface area contributed by atoms with Crippen molar-refractivity contribution in [3.63, 3.8) is 0 Å². The largest absolute Gasteiger partial charge is 0.481 e. The van der Waals surface area contributed by atoms with Crippen molar-refractivity contribution in [2.24, 2.45) is 0 Å². The van der Waals surface area contributed by atoms with Gasteiger partial charge in [0, 0.05) is 13.7 Å². The lowest BCUT2D eigenvalue weighted by Gasteiger charge is -2.14. The summed E-state index contributed by atoms with van der Waals surface area (Å²) in [4.78, 5) is 10.8. The number of carboxylic acids is 1. The third-order valence-corrected chi connectivity index (χ3v) is 4.15. The number of aryl methyl sites for hydroxylation is 2. The van der Waals surface area contributed by atoms with Gasteiger partial charge in [-0.05, 0) is 37.1 Å². The molecular formula is C13H19NO5S. The van der Waals surface area contributed by atoms with Crippen molar-refractivity contribution in [2.45, 2.75) is 31.3 Å². The van der Waals surface area contributed by atoms with Gasteiger partial charge >= 0.3 is 5.97 Å². The summed E-state index contributed by atoms with van der Waals surface area (Å²) in [5.41, 5.74) is 1.69. The molecule has 0 saturated carbocycles. The fourth-order valence-electron chi connectivity index (χ4n) is 1.81. The monoisotopic (exact) mass is 301 g/mol. The van der Waals surface area contributed by atoms with Gasteiger partial charge in [-0.15, -0.1) is 0 Å². The minimum Gasteiger partial charge on any atom is -0.481 e. The SMILES string of the molecule is COC(CNS(=O)(=O)c1cc(C)cc(C)c1)CC(=O)O. The number of carbonyl (C=O) groups is 1. The molecule has 1 aromatic carbocycles. The van der Waals surface area contributed by atoms with E-state index in [4.69, 9.17) is 9.84 Å². The molecule has 0 spiro atoms. The van der Waals surface area contributed by atoms with Crippen LogP contribution >= 0.6 is 0 Å². The molecule has 1 aromatic rings. The lowest BCUT2D eigenvalue weighted by atomic mass is 10.2. The van der Waals surface area contributed by atoms with Gasteiger partial charge in [-0.2, -0.15) is 0 Å². The van der Waals surface area contributed by atoms with Crippen molar-refractivity contribution in [3.8, 4) is 0 Å². The minimum atomic E-state index is -3.67. The van der Waals surface area contributed by atoms with E-state index in [9.17, 15) is 13.2 Å². The predicted molar refractivity (Wildman–Crippen MR) is 74.2 cm³/mol. The Morgan fingerprint density at radius 2 is 1.85 bits per heavy atom. The van der Waals surface area contributed by atoms with Gasteiger partial charge in [0.2, 0.25) is 10.0 Å². The molecule has 7 heteroatoms. The second kappa shape index (κ2) is 6.83. The Morgan fingerprint density at radius 1 is 1.30 bits per heavy atom. The van der Waals surface area contributed by atoms with Crippen LogP contribution in [0.4, 0.5) is 0 Å². The zero-order chi connectivity index (χ0) is 15.3. The summed E-state index contributed by atoms with van der Waals surface area (Å²) in [6, 6.07) is 5.00. The number of hydrogen-bond acceptors (Lipinski definition) is 4.